The van der Waals surface area contributed by atoms with Crippen molar-refractivity contribution in [2.45, 2.75) is 45.6 Å². The molecule has 0 bridgehead atoms. The van der Waals surface area contributed by atoms with Gasteiger partial charge in [-0.1, -0.05) is 6.92 Å². The van der Waals surface area contributed by atoms with E-state index in [4.69, 9.17) is 4.74 Å². The van der Waals surface area contributed by atoms with Crippen molar-refractivity contribution >= 4 is 11.6 Å². The Hall–Kier alpha value is -1.55. The van der Waals surface area contributed by atoms with E-state index in [-0.39, 0.29) is 11.4 Å². The lowest BCUT2D eigenvalue weighted by atomic mass is 9.94. The summed E-state index contributed by atoms with van der Waals surface area (Å²) in [5, 5.41) is 6.48. The summed E-state index contributed by atoms with van der Waals surface area (Å²) in [6, 6.07) is 5.81. The van der Waals surface area contributed by atoms with Gasteiger partial charge in [0.15, 0.2) is 0 Å². The molecule has 1 fully saturated rings. The van der Waals surface area contributed by atoms with Gasteiger partial charge in [0.25, 0.3) is 5.91 Å². The Morgan fingerprint density at radius 2 is 2.24 bits per heavy atom. The third kappa shape index (κ3) is 4.21. The monoisotopic (exact) mass is 290 g/mol. The van der Waals surface area contributed by atoms with Gasteiger partial charge in [-0.2, -0.15) is 0 Å². The van der Waals surface area contributed by atoms with Gasteiger partial charge in [0.05, 0.1) is 12.1 Å². The van der Waals surface area contributed by atoms with Gasteiger partial charge in [-0.05, 0) is 56.9 Å². The molecule has 1 aromatic carbocycles. The quantitative estimate of drug-likeness (QED) is 0.876. The molecule has 4 nitrogen and oxygen atoms in total. The van der Waals surface area contributed by atoms with E-state index >= 15 is 0 Å². The van der Waals surface area contributed by atoms with E-state index in [9.17, 15) is 4.79 Å². The Bertz CT molecular complexity index is 494. The Balaban J connectivity index is 2.03. The van der Waals surface area contributed by atoms with Crippen LogP contribution in [-0.2, 0) is 4.74 Å². The summed E-state index contributed by atoms with van der Waals surface area (Å²) in [7, 11) is 0. The van der Waals surface area contributed by atoms with Gasteiger partial charge in [0, 0.05) is 24.4 Å². The van der Waals surface area contributed by atoms with Gasteiger partial charge in [0.2, 0.25) is 0 Å². The number of hydrogen-bond acceptors (Lipinski definition) is 3. The molecule has 0 aliphatic carbocycles. The molecule has 116 valence electrons. The van der Waals surface area contributed by atoms with Crippen LogP contribution in [-0.4, -0.2) is 31.2 Å². The molecule has 4 heteroatoms. The van der Waals surface area contributed by atoms with E-state index in [1.54, 1.807) is 0 Å². The van der Waals surface area contributed by atoms with E-state index in [1.807, 2.05) is 32.0 Å². The van der Waals surface area contributed by atoms with Crippen molar-refractivity contribution in [1.82, 2.24) is 5.32 Å². The van der Waals surface area contributed by atoms with Crippen LogP contribution in [0.2, 0.25) is 0 Å². The van der Waals surface area contributed by atoms with Crippen LogP contribution in [0.3, 0.4) is 0 Å². The van der Waals surface area contributed by atoms with Gasteiger partial charge in [-0.25, -0.2) is 0 Å². The fourth-order valence-corrected chi connectivity index (χ4v) is 2.64. The van der Waals surface area contributed by atoms with Crippen molar-refractivity contribution in [2.75, 3.05) is 25.1 Å². The predicted octanol–water partition coefficient (Wildman–Crippen LogP) is 3.12. The Morgan fingerprint density at radius 1 is 1.43 bits per heavy atom. The number of amides is 1. The first kappa shape index (κ1) is 15.8. The molecule has 1 atom stereocenters. The maximum absolute atomic E-state index is 12.4. The van der Waals surface area contributed by atoms with Crippen molar-refractivity contribution in [3.8, 4) is 0 Å². The molecular formula is C17H26N2O2. The third-order valence-electron chi connectivity index (χ3n) is 3.91. The van der Waals surface area contributed by atoms with E-state index in [2.05, 4.69) is 17.6 Å². The molecule has 1 heterocycles. The molecule has 0 saturated carbocycles. The minimum atomic E-state index is -0.248. The van der Waals surface area contributed by atoms with Crippen LogP contribution >= 0.6 is 0 Å². The lowest BCUT2D eigenvalue weighted by molar-refractivity contribution is 0.0272. The van der Waals surface area contributed by atoms with Gasteiger partial charge in [-0.3, -0.25) is 4.79 Å². The smallest absolute Gasteiger partial charge is 0.251 e. The maximum Gasteiger partial charge on any atom is 0.251 e. The van der Waals surface area contributed by atoms with E-state index in [0.29, 0.717) is 12.2 Å². The summed E-state index contributed by atoms with van der Waals surface area (Å²) in [6.45, 7) is 8.55. The summed E-state index contributed by atoms with van der Waals surface area (Å²) in [5.74, 6) is -0.0202. The summed E-state index contributed by atoms with van der Waals surface area (Å²) in [5.41, 5.74) is 2.66. The van der Waals surface area contributed by atoms with Crippen molar-refractivity contribution in [1.29, 1.82) is 0 Å². The first-order chi connectivity index (χ1) is 10.0. The molecule has 1 saturated heterocycles. The van der Waals surface area contributed by atoms with Crippen molar-refractivity contribution < 1.29 is 9.53 Å². The largest absolute Gasteiger partial charge is 0.385 e. The SMILES string of the molecule is CCCNc1ccc(C(=O)NC2(C)CCCOC2)cc1C. The van der Waals surface area contributed by atoms with E-state index in [1.165, 1.54) is 0 Å². The molecule has 21 heavy (non-hydrogen) atoms. The standard InChI is InChI=1S/C17H26N2O2/c1-4-9-18-15-7-6-14(11-13(15)2)16(20)19-17(3)8-5-10-21-12-17/h6-7,11,18H,4-5,8-10,12H2,1-3H3,(H,19,20). The normalized spacial score (nSPS) is 21.9. The van der Waals surface area contributed by atoms with Gasteiger partial charge in [0.1, 0.15) is 0 Å². The zero-order valence-corrected chi connectivity index (χ0v) is 13.3. The number of rotatable bonds is 5. The highest BCUT2D eigenvalue weighted by molar-refractivity contribution is 5.95. The molecule has 1 amide bonds. The first-order valence-electron chi connectivity index (χ1n) is 7.79. The zero-order chi connectivity index (χ0) is 15.3. The first-order valence-corrected chi connectivity index (χ1v) is 7.79. The molecule has 0 spiro atoms. The van der Waals surface area contributed by atoms with Crippen LogP contribution in [0, 0.1) is 6.92 Å². The third-order valence-corrected chi connectivity index (χ3v) is 3.91. The van der Waals surface area contributed by atoms with Crippen LogP contribution in [0.1, 0.15) is 49.0 Å². The second-order valence-corrected chi connectivity index (χ2v) is 6.13. The number of nitrogens with one attached hydrogen (secondary N) is 2. The molecular weight excluding hydrogens is 264 g/mol. The summed E-state index contributed by atoms with van der Waals surface area (Å²) in [4.78, 5) is 12.4. The van der Waals surface area contributed by atoms with Gasteiger partial charge in [-0.15, -0.1) is 0 Å². The highest BCUT2D eigenvalue weighted by Crippen LogP contribution is 2.21. The Morgan fingerprint density at radius 3 is 2.86 bits per heavy atom. The van der Waals surface area contributed by atoms with Crippen LogP contribution in [0.4, 0.5) is 5.69 Å². The number of carbonyl (C=O) groups excluding carboxylic acids is 1. The van der Waals surface area contributed by atoms with E-state index < -0.39 is 0 Å². The molecule has 0 radical (unpaired) electrons. The minimum Gasteiger partial charge on any atom is -0.385 e. The Kier molecular flexibility index (Phi) is 5.23. The van der Waals surface area contributed by atoms with Crippen LogP contribution in [0.5, 0.6) is 0 Å². The number of benzene rings is 1. The average Bonchev–Trinajstić information content (AvgIpc) is 2.46. The second-order valence-electron chi connectivity index (χ2n) is 6.13. The van der Waals surface area contributed by atoms with Crippen LogP contribution in [0.15, 0.2) is 18.2 Å². The number of ether oxygens (including phenoxy) is 1. The lowest BCUT2D eigenvalue weighted by Gasteiger charge is -2.34. The van der Waals surface area contributed by atoms with Crippen LogP contribution < -0.4 is 10.6 Å². The topological polar surface area (TPSA) is 50.4 Å². The highest BCUT2D eigenvalue weighted by Gasteiger charge is 2.29. The zero-order valence-electron chi connectivity index (χ0n) is 13.3. The van der Waals surface area contributed by atoms with Crippen LogP contribution in [0.25, 0.3) is 0 Å². The lowest BCUT2D eigenvalue weighted by Crippen LogP contribution is -2.51. The number of carbonyl (C=O) groups is 1. The Labute approximate surface area is 127 Å². The minimum absolute atomic E-state index is 0.0202. The molecule has 1 aromatic rings. The predicted molar refractivity (Wildman–Crippen MR) is 85.9 cm³/mol. The highest BCUT2D eigenvalue weighted by atomic mass is 16.5. The van der Waals surface area contributed by atoms with E-state index in [0.717, 1.165) is 43.7 Å². The number of anilines is 1. The molecule has 2 N–H and O–H groups in total. The summed E-state index contributed by atoms with van der Waals surface area (Å²) >= 11 is 0. The van der Waals surface area contributed by atoms with Gasteiger partial charge >= 0.3 is 0 Å². The van der Waals surface area contributed by atoms with Crippen molar-refractivity contribution in [3.63, 3.8) is 0 Å². The summed E-state index contributed by atoms with van der Waals surface area (Å²) < 4.78 is 5.48. The summed E-state index contributed by atoms with van der Waals surface area (Å²) in [6.07, 6.45) is 3.05. The average molecular weight is 290 g/mol. The molecule has 0 aromatic heterocycles. The second kappa shape index (κ2) is 6.94. The number of aryl methyl sites for hydroxylation is 1. The van der Waals surface area contributed by atoms with Crippen molar-refractivity contribution in [2.24, 2.45) is 0 Å². The van der Waals surface area contributed by atoms with Gasteiger partial charge < -0.3 is 15.4 Å². The molecule has 1 unspecified atom stereocenters. The fraction of sp³-hybridized carbons (Fsp3) is 0.588. The molecule has 1 aliphatic heterocycles. The fourth-order valence-electron chi connectivity index (χ4n) is 2.64. The van der Waals surface area contributed by atoms with Crippen molar-refractivity contribution in [3.05, 3.63) is 29.3 Å². The number of hydrogen-bond donors (Lipinski definition) is 2. The maximum atomic E-state index is 12.4. The molecule has 1 aliphatic rings. The molecule has 2 rings (SSSR count).